The number of benzene rings is 2. The van der Waals surface area contributed by atoms with E-state index in [9.17, 15) is 9.59 Å². The highest BCUT2D eigenvalue weighted by molar-refractivity contribution is 5.93. The Balaban J connectivity index is 1.72. The van der Waals surface area contributed by atoms with Crippen LogP contribution in [0.5, 0.6) is 0 Å². The second-order valence-corrected chi connectivity index (χ2v) is 7.82. The van der Waals surface area contributed by atoms with Gasteiger partial charge in [-0.05, 0) is 48.9 Å². The number of amides is 3. The highest BCUT2D eigenvalue weighted by Gasteiger charge is 2.16. The lowest BCUT2D eigenvalue weighted by Crippen LogP contribution is -2.34. The maximum atomic E-state index is 13.1. The molecule has 0 aliphatic heterocycles. The topological polar surface area (TPSA) is 74.3 Å². The first-order valence-electron chi connectivity index (χ1n) is 10.3. The number of urea groups is 1. The number of carbonyl (C=O) groups excluding carboxylic acids is 2. The molecule has 0 fully saturated rings. The van der Waals surface area contributed by atoms with Crippen LogP contribution in [0.2, 0.25) is 0 Å². The van der Waals surface area contributed by atoms with Crippen LogP contribution in [0.15, 0.2) is 72.9 Å². The third kappa shape index (κ3) is 6.67. The number of aryl methyl sites for hydroxylation is 1. The zero-order valence-electron chi connectivity index (χ0n) is 18.1. The molecule has 0 radical (unpaired) electrons. The van der Waals surface area contributed by atoms with E-state index >= 15 is 0 Å². The molecule has 1 aromatic heterocycles. The van der Waals surface area contributed by atoms with E-state index in [-0.39, 0.29) is 17.9 Å². The second-order valence-electron chi connectivity index (χ2n) is 7.82. The molecule has 0 atom stereocenters. The largest absolute Gasteiger partial charge is 0.326 e. The Morgan fingerprint density at radius 2 is 1.61 bits per heavy atom. The summed E-state index contributed by atoms with van der Waals surface area (Å²) >= 11 is 0. The van der Waals surface area contributed by atoms with Crippen LogP contribution in [0.3, 0.4) is 0 Å². The number of aromatic nitrogens is 1. The molecule has 6 nitrogen and oxygen atoms in total. The molecule has 0 bridgehead atoms. The Labute approximate surface area is 183 Å². The van der Waals surface area contributed by atoms with Crippen molar-refractivity contribution in [2.45, 2.75) is 33.9 Å². The van der Waals surface area contributed by atoms with Crippen molar-refractivity contribution in [1.29, 1.82) is 0 Å². The van der Waals surface area contributed by atoms with Gasteiger partial charge in [0.2, 0.25) is 5.91 Å². The van der Waals surface area contributed by atoms with Gasteiger partial charge in [0.05, 0.1) is 12.2 Å². The SMILES string of the molecule is Cc1cccc(CN(Cc2ccccn2)C(=O)Nc2ccc(NC(=O)C(C)C)cc2)c1. The Hall–Kier alpha value is -3.67. The minimum Gasteiger partial charge on any atom is -0.326 e. The molecule has 1 heterocycles. The van der Waals surface area contributed by atoms with Crippen LogP contribution in [0.1, 0.15) is 30.7 Å². The summed E-state index contributed by atoms with van der Waals surface area (Å²) in [6, 6.07) is 20.7. The second kappa shape index (κ2) is 10.4. The third-order valence-corrected chi connectivity index (χ3v) is 4.75. The highest BCUT2D eigenvalue weighted by atomic mass is 16.2. The van der Waals surface area contributed by atoms with E-state index in [2.05, 4.69) is 21.7 Å². The molecular weight excluding hydrogens is 388 g/mol. The monoisotopic (exact) mass is 416 g/mol. The number of hydrogen-bond acceptors (Lipinski definition) is 3. The first-order chi connectivity index (χ1) is 14.9. The first kappa shape index (κ1) is 22.0. The van der Waals surface area contributed by atoms with Crippen LogP contribution in [0.4, 0.5) is 16.2 Å². The molecule has 6 heteroatoms. The van der Waals surface area contributed by atoms with E-state index in [1.54, 1.807) is 35.4 Å². The van der Waals surface area contributed by atoms with Crippen molar-refractivity contribution in [1.82, 2.24) is 9.88 Å². The summed E-state index contributed by atoms with van der Waals surface area (Å²) in [5.74, 6) is -0.141. The van der Waals surface area contributed by atoms with Crippen LogP contribution >= 0.6 is 0 Å². The normalized spacial score (nSPS) is 10.6. The van der Waals surface area contributed by atoms with Gasteiger partial charge in [-0.3, -0.25) is 9.78 Å². The molecule has 160 valence electrons. The summed E-state index contributed by atoms with van der Waals surface area (Å²) in [5, 5.41) is 5.79. The number of pyridine rings is 1. The van der Waals surface area contributed by atoms with Crippen molar-refractivity contribution in [3.63, 3.8) is 0 Å². The summed E-state index contributed by atoms with van der Waals surface area (Å²) in [4.78, 5) is 31.0. The van der Waals surface area contributed by atoms with Crippen molar-refractivity contribution in [3.8, 4) is 0 Å². The zero-order chi connectivity index (χ0) is 22.2. The summed E-state index contributed by atoms with van der Waals surface area (Å²) < 4.78 is 0. The minimum absolute atomic E-state index is 0.0449. The number of nitrogens with zero attached hydrogens (tertiary/aromatic N) is 2. The molecule has 3 amide bonds. The van der Waals surface area contributed by atoms with E-state index in [1.807, 2.05) is 57.2 Å². The number of hydrogen-bond donors (Lipinski definition) is 2. The van der Waals surface area contributed by atoms with Gasteiger partial charge in [0, 0.05) is 30.0 Å². The number of carbonyl (C=O) groups is 2. The van der Waals surface area contributed by atoms with Crippen molar-refractivity contribution in [2.75, 3.05) is 10.6 Å². The number of anilines is 2. The molecule has 0 aliphatic carbocycles. The van der Waals surface area contributed by atoms with Crippen molar-refractivity contribution in [2.24, 2.45) is 5.92 Å². The van der Waals surface area contributed by atoms with E-state index in [0.717, 1.165) is 16.8 Å². The molecule has 0 unspecified atom stereocenters. The molecule has 0 saturated heterocycles. The fourth-order valence-electron chi connectivity index (χ4n) is 3.04. The zero-order valence-corrected chi connectivity index (χ0v) is 18.1. The molecule has 0 spiro atoms. The van der Waals surface area contributed by atoms with Gasteiger partial charge >= 0.3 is 6.03 Å². The van der Waals surface area contributed by atoms with Gasteiger partial charge in [-0.2, -0.15) is 0 Å². The molecular formula is C25H28N4O2. The maximum Gasteiger partial charge on any atom is 0.322 e. The van der Waals surface area contributed by atoms with E-state index in [0.29, 0.717) is 24.5 Å². The predicted octanol–water partition coefficient (Wildman–Crippen LogP) is 5.22. The maximum absolute atomic E-state index is 13.1. The van der Waals surface area contributed by atoms with E-state index in [4.69, 9.17) is 0 Å². The minimum atomic E-state index is -0.217. The highest BCUT2D eigenvalue weighted by Crippen LogP contribution is 2.17. The fraction of sp³-hybridized carbons (Fsp3) is 0.240. The summed E-state index contributed by atoms with van der Waals surface area (Å²) in [6.45, 7) is 6.57. The number of rotatable bonds is 7. The van der Waals surface area contributed by atoms with Crippen molar-refractivity contribution < 1.29 is 9.59 Å². The number of nitrogens with one attached hydrogen (secondary N) is 2. The van der Waals surface area contributed by atoms with Crippen LogP contribution in [-0.2, 0) is 17.9 Å². The smallest absolute Gasteiger partial charge is 0.322 e. The van der Waals surface area contributed by atoms with Gasteiger partial charge in [-0.15, -0.1) is 0 Å². The summed E-state index contributed by atoms with van der Waals surface area (Å²) in [6.07, 6.45) is 1.72. The lowest BCUT2D eigenvalue weighted by Gasteiger charge is -2.23. The molecule has 3 rings (SSSR count). The van der Waals surface area contributed by atoms with Gasteiger partial charge in [0.15, 0.2) is 0 Å². The van der Waals surface area contributed by atoms with Gasteiger partial charge in [0.25, 0.3) is 0 Å². The summed E-state index contributed by atoms with van der Waals surface area (Å²) in [7, 11) is 0. The van der Waals surface area contributed by atoms with Gasteiger partial charge in [-0.25, -0.2) is 4.79 Å². The standard InChI is InChI=1S/C25H28N4O2/c1-18(2)24(30)27-21-10-12-22(13-11-21)28-25(31)29(17-23-9-4-5-14-26-23)16-20-8-6-7-19(3)15-20/h4-15,18H,16-17H2,1-3H3,(H,27,30)(H,28,31). The molecule has 0 aliphatic rings. The van der Waals surface area contributed by atoms with Gasteiger partial charge < -0.3 is 15.5 Å². The molecule has 2 aromatic carbocycles. The van der Waals surface area contributed by atoms with Crippen LogP contribution in [0, 0.1) is 12.8 Å². The first-order valence-corrected chi connectivity index (χ1v) is 10.3. The average Bonchev–Trinajstić information content (AvgIpc) is 2.75. The van der Waals surface area contributed by atoms with Crippen LogP contribution in [0.25, 0.3) is 0 Å². The Morgan fingerprint density at radius 3 is 2.23 bits per heavy atom. The Kier molecular flexibility index (Phi) is 7.38. The fourth-order valence-corrected chi connectivity index (χ4v) is 3.04. The van der Waals surface area contributed by atoms with E-state index in [1.165, 1.54) is 0 Å². The molecule has 31 heavy (non-hydrogen) atoms. The molecule has 2 N–H and O–H groups in total. The molecule has 0 saturated carbocycles. The average molecular weight is 417 g/mol. The van der Waals surface area contributed by atoms with E-state index < -0.39 is 0 Å². The molecule has 3 aromatic rings. The Bertz CT molecular complexity index is 1020. The van der Waals surface area contributed by atoms with Gasteiger partial charge in [0.1, 0.15) is 0 Å². The van der Waals surface area contributed by atoms with Crippen molar-refractivity contribution >= 4 is 23.3 Å². The van der Waals surface area contributed by atoms with Crippen LogP contribution < -0.4 is 10.6 Å². The Morgan fingerprint density at radius 1 is 0.903 bits per heavy atom. The van der Waals surface area contributed by atoms with Crippen molar-refractivity contribution in [3.05, 3.63) is 89.7 Å². The quantitative estimate of drug-likeness (QED) is 0.555. The lowest BCUT2D eigenvalue weighted by atomic mass is 10.1. The summed E-state index contributed by atoms with van der Waals surface area (Å²) in [5.41, 5.74) is 4.37. The predicted molar refractivity (Wildman–Crippen MR) is 124 cm³/mol. The van der Waals surface area contributed by atoms with Crippen LogP contribution in [-0.4, -0.2) is 21.8 Å². The van der Waals surface area contributed by atoms with Gasteiger partial charge in [-0.1, -0.05) is 49.7 Å². The third-order valence-electron chi connectivity index (χ3n) is 4.75. The lowest BCUT2D eigenvalue weighted by molar-refractivity contribution is -0.118.